The molecule has 5 aliphatic rings. The second-order valence-electron chi connectivity index (χ2n) is 14.1. The third-order valence-electron chi connectivity index (χ3n) is 10.9. The molecular weight excluding hydrogens is 444 g/mol. The molecule has 0 aromatic heterocycles. The van der Waals surface area contributed by atoms with Gasteiger partial charge < -0.3 is 0 Å². The summed E-state index contributed by atoms with van der Waals surface area (Å²) in [7, 11) is 0. The first-order valence-corrected chi connectivity index (χ1v) is 17.9. The van der Waals surface area contributed by atoms with E-state index in [1.165, 1.54) is 70.6 Å². The van der Waals surface area contributed by atoms with Crippen LogP contribution >= 0.6 is 0 Å². The van der Waals surface area contributed by atoms with E-state index in [0.717, 1.165) is 53.3 Å². The summed E-state index contributed by atoms with van der Waals surface area (Å²) in [5.74, 6) is 9.64. The predicted octanol–water partition coefficient (Wildman–Crippen LogP) is 13.1. The van der Waals surface area contributed by atoms with E-state index in [-0.39, 0.29) is 0 Å². The molecule has 0 saturated heterocycles. The fraction of sp³-hybridized carbons (Fsp3) is 1.00. The van der Waals surface area contributed by atoms with Gasteiger partial charge in [0.15, 0.2) is 0 Å². The van der Waals surface area contributed by atoms with Crippen LogP contribution in [0.1, 0.15) is 184 Å². The molecule has 222 valence electrons. The zero-order chi connectivity index (χ0) is 27.6. The van der Waals surface area contributed by atoms with Crippen LogP contribution in [0.3, 0.4) is 0 Å². The van der Waals surface area contributed by atoms with Crippen LogP contribution in [-0.2, 0) is 0 Å². The highest BCUT2D eigenvalue weighted by Gasteiger charge is 2.35. The maximum atomic E-state index is 2.45. The first kappa shape index (κ1) is 35.0. The minimum Gasteiger partial charge on any atom is -0.0683 e. The number of hydrogen-bond acceptors (Lipinski definition) is 0. The van der Waals surface area contributed by atoms with E-state index in [0.29, 0.717) is 0 Å². The number of hydrogen-bond donors (Lipinski definition) is 0. The second-order valence-corrected chi connectivity index (χ2v) is 14.1. The topological polar surface area (TPSA) is 0 Å². The average molecular weight is 519 g/mol. The summed E-state index contributed by atoms with van der Waals surface area (Å²) in [6.45, 7) is 19.9. The molecule has 2 atom stereocenters. The molecule has 2 unspecified atom stereocenters. The Morgan fingerprint density at radius 1 is 0.270 bits per heavy atom. The Hall–Kier alpha value is 0. The first-order chi connectivity index (χ1) is 17.9. The molecular formula is C37H74. The highest BCUT2D eigenvalue weighted by atomic mass is 14.4. The van der Waals surface area contributed by atoms with Gasteiger partial charge in [0.1, 0.15) is 0 Å². The van der Waals surface area contributed by atoms with Gasteiger partial charge >= 0.3 is 0 Å². The molecule has 0 radical (unpaired) electrons. The van der Waals surface area contributed by atoms with E-state index in [1.807, 2.05) is 27.7 Å². The molecule has 0 aliphatic heterocycles. The predicted molar refractivity (Wildman–Crippen MR) is 170 cm³/mol. The summed E-state index contributed by atoms with van der Waals surface area (Å²) in [6.07, 6.45) is 28.9. The van der Waals surface area contributed by atoms with E-state index in [2.05, 4.69) is 34.6 Å². The van der Waals surface area contributed by atoms with E-state index in [1.54, 1.807) is 51.4 Å². The minimum absolute atomic E-state index is 1.02. The van der Waals surface area contributed by atoms with Gasteiger partial charge in [-0.25, -0.2) is 0 Å². The normalized spacial score (nSPS) is 37.9. The SMILES string of the molecule is CC.CC.CC1CCC(C)CC1.CC1CCC(C)CC1.CC1CCC(C2CCCC(C3CCC3)C2)CC1. The van der Waals surface area contributed by atoms with Crippen LogP contribution in [-0.4, -0.2) is 0 Å². The van der Waals surface area contributed by atoms with Crippen molar-refractivity contribution >= 4 is 0 Å². The quantitative estimate of drug-likeness (QED) is 0.341. The molecule has 0 aromatic carbocycles. The lowest BCUT2D eigenvalue weighted by Gasteiger charge is -2.42. The van der Waals surface area contributed by atoms with Gasteiger partial charge in [-0.3, -0.25) is 0 Å². The summed E-state index contributed by atoms with van der Waals surface area (Å²) in [5, 5.41) is 0. The molecule has 37 heavy (non-hydrogen) atoms. The van der Waals surface area contributed by atoms with Gasteiger partial charge in [0.25, 0.3) is 0 Å². The molecule has 5 aliphatic carbocycles. The third kappa shape index (κ3) is 14.3. The summed E-state index contributed by atoms with van der Waals surface area (Å²) in [6, 6.07) is 0. The first-order valence-electron chi connectivity index (χ1n) is 17.9. The van der Waals surface area contributed by atoms with Gasteiger partial charge in [-0.15, -0.1) is 0 Å². The van der Waals surface area contributed by atoms with E-state index < -0.39 is 0 Å². The van der Waals surface area contributed by atoms with Crippen LogP contribution in [0.5, 0.6) is 0 Å². The van der Waals surface area contributed by atoms with E-state index in [4.69, 9.17) is 0 Å². The Bertz CT molecular complexity index is 440. The largest absolute Gasteiger partial charge is 0.0683 e. The zero-order valence-electron chi connectivity index (χ0n) is 27.6. The van der Waals surface area contributed by atoms with E-state index in [9.17, 15) is 0 Å². The molecule has 0 N–H and O–H groups in total. The Balaban J connectivity index is 0.000000288. The van der Waals surface area contributed by atoms with Crippen molar-refractivity contribution in [3.8, 4) is 0 Å². The molecule has 0 spiro atoms. The van der Waals surface area contributed by atoms with Crippen molar-refractivity contribution in [2.45, 2.75) is 184 Å². The zero-order valence-corrected chi connectivity index (χ0v) is 27.6. The Morgan fingerprint density at radius 3 is 0.757 bits per heavy atom. The Labute approximate surface area is 237 Å². The van der Waals surface area contributed by atoms with Crippen molar-refractivity contribution in [1.82, 2.24) is 0 Å². The molecule has 0 nitrogen and oxygen atoms in total. The molecule has 5 rings (SSSR count). The Kier molecular flexibility index (Phi) is 19.7. The van der Waals surface area contributed by atoms with Gasteiger partial charge in [-0.2, -0.15) is 0 Å². The fourth-order valence-corrected chi connectivity index (χ4v) is 7.65. The highest BCUT2D eigenvalue weighted by molar-refractivity contribution is 4.86. The van der Waals surface area contributed by atoms with Crippen LogP contribution in [0.4, 0.5) is 0 Å². The van der Waals surface area contributed by atoms with Gasteiger partial charge in [-0.05, 0) is 72.5 Å². The van der Waals surface area contributed by atoms with Crippen LogP contribution in [0.15, 0.2) is 0 Å². The molecule has 0 heteroatoms. The standard InChI is InChI=1S/C17H30.2C8H16.2C2H6/c1-13-8-10-15(11-9-13)17-7-3-6-16(12-17)14-4-2-5-14;2*1-7-3-5-8(2)6-4-7;2*1-2/h13-17H,2-12H2,1H3;2*7-8H,3-6H2,1-2H3;2*1-2H3. The molecule has 5 fully saturated rings. The van der Waals surface area contributed by atoms with Gasteiger partial charge in [-0.1, -0.05) is 165 Å². The Morgan fingerprint density at radius 2 is 0.486 bits per heavy atom. The van der Waals surface area contributed by atoms with Crippen molar-refractivity contribution in [3.63, 3.8) is 0 Å². The van der Waals surface area contributed by atoms with Crippen molar-refractivity contribution in [3.05, 3.63) is 0 Å². The van der Waals surface area contributed by atoms with Crippen LogP contribution in [0.2, 0.25) is 0 Å². The van der Waals surface area contributed by atoms with Gasteiger partial charge in [0.2, 0.25) is 0 Å². The maximum absolute atomic E-state index is 2.45. The summed E-state index contributed by atoms with van der Waals surface area (Å²) in [4.78, 5) is 0. The van der Waals surface area contributed by atoms with E-state index >= 15 is 0 Å². The fourth-order valence-electron chi connectivity index (χ4n) is 7.65. The van der Waals surface area contributed by atoms with Crippen LogP contribution in [0, 0.1) is 53.3 Å². The van der Waals surface area contributed by atoms with Crippen molar-refractivity contribution in [2.75, 3.05) is 0 Å². The average Bonchev–Trinajstić information content (AvgIpc) is 2.90. The molecule has 0 aromatic rings. The van der Waals surface area contributed by atoms with Gasteiger partial charge in [0.05, 0.1) is 0 Å². The lowest BCUT2D eigenvalue weighted by atomic mass is 9.63. The molecule has 0 amide bonds. The van der Waals surface area contributed by atoms with Crippen LogP contribution in [0.25, 0.3) is 0 Å². The lowest BCUT2D eigenvalue weighted by molar-refractivity contribution is 0.0878. The second kappa shape index (κ2) is 20.8. The minimum atomic E-state index is 1.02. The monoisotopic (exact) mass is 519 g/mol. The lowest BCUT2D eigenvalue weighted by Crippen LogP contribution is -2.31. The summed E-state index contributed by atoms with van der Waals surface area (Å²) in [5.41, 5.74) is 0. The van der Waals surface area contributed by atoms with Crippen LogP contribution < -0.4 is 0 Å². The molecule has 0 heterocycles. The highest BCUT2D eigenvalue weighted by Crippen LogP contribution is 2.47. The smallest absolute Gasteiger partial charge is 0.0383 e. The molecule has 0 bridgehead atoms. The van der Waals surface area contributed by atoms with Crippen molar-refractivity contribution in [1.29, 1.82) is 0 Å². The van der Waals surface area contributed by atoms with Gasteiger partial charge in [0, 0.05) is 0 Å². The molecule has 5 saturated carbocycles. The number of rotatable bonds is 2. The maximum Gasteiger partial charge on any atom is -0.0383 e. The summed E-state index contributed by atoms with van der Waals surface area (Å²) < 4.78 is 0. The third-order valence-corrected chi connectivity index (χ3v) is 10.9. The summed E-state index contributed by atoms with van der Waals surface area (Å²) >= 11 is 0. The van der Waals surface area contributed by atoms with Crippen molar-refractivity contribution in [2.24, 2.45) is 53.3 Å². The van der Waals surface area contributed by atoms with Crippen molar-refractivity contribution < 1.29 is 0 Å².